The Morgan fingerprint density at radius 1 is 1.47 bits per heavy atom. The second kappa shape index (κ2) is 4.85. The standard InChI is InChI=1S/C13H18N2O2/c1-9-4-3-5-12(10(9)2)14-13(17)8-15-6-11(16)7-15/h3-5,11,16H,6-8H2,1-2H3,(H,14,17). The molecule has 92 valence electrons. The fourth-order valence-corrected chi connectivity index (χ4v) is 1.95. The predicted octanol–water partition coefficient (Wildman–Crippen LogP) is 0.918. The van der Waals surface area contributed by atoms with Gasteiger partial charge in [-0.25, -0.2) is 0 Å². The molecule has 2 N–H and O–H groups in total. The van der Waals surface area contributed by atoms with Gasteiger partial charge in [0.25, 0.3) is 0 Å². The van der Waals surface area contributed by atoms with Crippen LogP contribution in [0.2, 0.25) is 0 Å². The van der Waals surface area contributed by atoms with Gasteiger partial charge in [0.1, 0.15) is 0 Å². The number of hydrogen-bond acceptors (Lipinski definition) is 3. The normalized spacial score (nSPS) is 16.6. The van der Waals surface area contributed by atoms with Crippen molar-refractivity contribution in [3.05, 3.63) is 29.3 Å². The topological polar surface area (TPSA) is 52.6 Å². The number of likely N-dealkylation sites (tertiary alicyclic amines) is 1. The van der Waals surface area contributed by atoms with E-state index < -0.39 is 0 Å². The van der Waals surface area contributed by atoms with Gasteiger partial charge in [0.2, 0.25) is 5.91 Å². The smallest absolute Gasteiger partial charge is 0.238 e. The third kappa shape index (κ3) is 2.84. The highest BCUT2D eigenvalue weighted by Gasteiger charge is 2.25. The molecular formula is C13H18N2O2. The number of nitrogens with one attached hydrogen (secondary N) is 1. The number of aliphatic hydroxyl groups is 1. The summed E-state index contributed by atoms with van der Waals surface area (Å²) in [5.41, 5.74) is 3.14. The highest BCUT2D eigenvalue weighted by Crippen LogP contribution is 2.18. The van der Waals surface area contributed by atoms with Gasteiger partial charge >= 0.3 is 0 Å². The summed E-state index contributed by atoms with van der Waals surface area (Å²) in [6.07, 6.45) is -0.261. The maximum Gasteiger partial charge on any atom is 0.238 e. The van der Waals surface area contributed by atoms with Crippen LogP contribution in [0.5, 0.6) is 0 Å². The van der Waals surface area contributed by atoms with Crippen molar-refractivity contribution < 1.29 is 9.90 Å². The van der Waals surface area contributed by atoms with Gasteiger partial charge in [0.05, 0.1) is 12.6 Å². The molecule has 1 amide bonds. The first-order valence-corrected chi connectivity index (χ1v) is 5.83. The summed E-state index contributed by atoms with van der Waals surface area (Å²) < 4.78 is 0. The number of β-amino-alcohol motifs (C(OH)–C–C–N with tert-alkyl or cyclic N) is 1. The van der Waals surface area contributed by atoms with E-state index in [2.05, 4.69) is 5.32 Å². The zero-order chi connectivity index (χ0) is 12.4. The Morgan fingerprint density at radius 2 is 2.18 bits per heavy atom. The first-order valence-electron chi connectivity index (χ1n) is 5.83. The number of aryl methyl sites for hydroxylation is 1. The lowest BCUT2D eigenvalue weighted by Gasteiger charge is -2.35. The molecule has 0 aliphatic carbocycles. The summed E-state index contributed by atoms with van der Waals surface area (Å²) in [5.74, 6) is -0.0226. The van der Waals surface area contributed by atoms with E-state index in [1.165, 1.54) is 5.56 Å². The van der Waals surface area contributed by atoms with Crippen LogP contribution in [-0.2, 0) is 4.79 Å². The molecule has 0 atom stereocenters. The van der Waals surface area contributed by atoms with E-state index in [0.717, 1.165) is 11.3 Å². The molecule has 2 rings (SSSR count). The monoisotopic (exact) mass is 234 g/mol. The molecule has 1 fully saturated rings. The highest BCUT2D eigenvalue weighted by atomic mass is 16.3. The van der Waals surface area contributed by atoms with Gasteiger partial charge in [-0.3, -0.25) is 9.69 Å². The number of rotatable bonds is 3. The van der Waals surface area contributed by atoms with Crippen molar-refractivity contribution in [3.8, 4) is 0 Å². The number of hydrogen-bond donors (Lipinski definition) is 2. The van der Waals surface area contributed by atoms with Crippen molar-refractivity contribution in [2.45, 2.75) is 20.0 Å². The molecule has 0 saturated carbocycles. The van der Waals surface area contributed by atoms with Crippen LogP contribution in [0.3, 0.4) is 0 Å². The van der Waals surface area contributed by atoms with E-state index in [1.807, 2.05) is 36.9 Å². The van der Waals surface area contributed by atoms with E-state index in [-0.39, 0.29) is 12.0 Å². The molecule has 0 radical (unpaired) electrons. The second-order valence-electron chi connectivity index (χ2n) is 4.64. The van der Waals surface area contributed by atoms with Crippen molar-refractivity contribution in [1.82, 2.24) is 4.90 Å². The minimum Gasteiger partial charge on any atom is -0.390 e. The number of carbonyl (C=O) groups is 1. The molecule has 1 aliphatic rings. The second-order valence-corrected chi connectivity index (χ2v) is 4.64. The van der Waals surface area contributed by atoms with Crippen LogP contribution in [0.15, 0.2) is 18.2 Å². The number of carbonyl (C=O) groups excluding carboxylic acids is 1. The Kier molecular flexibility index (Phi) is 3.45. The minimum atomic E-state index is -0.261. The summed E-state index contributed by atoms with van der Waals surface area (Å²) in [6, 6.07) is 5.87. The van der Waals surface area contributed by atoms with Crippen LogP contribution in [0, 0.1) is 13.8 Å². The Hall–Kier alpha value is -1.39. The lowest BCUT2D eigenvalue weighted by Crippen LogP contribution is -2.53. The molecule has 0 aromatic heterocycles. The zero-order valence-electron chi connectivity index (χ0n) is 10.2. The number of aliphatic hydroxyl groups excluding tert-OH is 1. The van der Waals surface area contributed by atoms with Crippen molar-refractivity contribution >= 4 is 11.6 Å². The van der Waals surface area contributed by atoms with E-state index >= 15 is 0 Å². The van der Waals surface area contributed by atoms with E-state index in [9.17, 15) is 4.79 Å². The fraction of sp³-hybridized carbons (Fsp3) is 0.462. The predicted molar refractivity (Wildman–Crippen MR) is 67.0 cm³/mol. The molecule has 1 saturated heterocycles. The molecule has 0 unspecified atom stereocenters. The van der Waals surface area contributed by atoms with Crippen LogP contribution >= 0.6 is 0 Å². The first-order chi connectivity index (χ1) is 8.06. The largest absolute Gasteiger partial charge is 0.390 e. The molecule has 0 bridgehead atoms. The Labute approximate surface area is 101 Å². The number of amides is 1. The summed E-state index contributed by atoms with van der Waals surface area (Å²) in [4.78, 5) is 13.7. The van der Waals surface area contributed by atoms with Gasteiger partial charge in [-0.15, -0.1) is 0 Å². The van der Waals surface area contributed by atoms with Gasteiger partial charge in [-0.05, 0) is 31.0 Å². The average Bonchev–Trinajstić information content (AvgIpc) is 2.23. The van der Waals surface area contributed by atoms with Crippen LogP contribution in [-0.4, -0.2) is 41.7 Å². The average molecular weight is 234 g/mol. The number of nitrogens with zero attached hydrogens (tertiary/aromatic N) is 1. The van der Waals surface area contributed by atoms with Crippen molar-refractivity contribution in [1.29, 1.82) is 0 Å². The van der Waals surface area contributed by atoms with Crippen molar-refractivity contribution in [3.63, 3.8) is 0 Å². The molecule has 4 heteroatoms. The Morgan fingerprint density at radius 3 is 2.82 bits per heavy atom. The summed E-state index contributed by atoms with van der Waals surface area (Å²) in [5, 5.41) is 12.0. The SMILES string of the molecule is Cc1cccc(NC(=O)CN2CC(O)C2)c1C. The molecule has 0 spiro atoms. The van der Waals surface area contributed by atoms with Gasteiger partial charge < -0.3 is 10.4 Å². The lowest BCUT2D eigenvalue weighted by molar-refractivity contribution is -0.119. The molecule has 1 aliphatic heterocycles. The quantitative estimate of drug-likeness (QED) is 0.817. The molecule has 1 aromatic carbocycles. The van der Waals surface area contributed by atoms with Gasteiger partial charge in [-0.1, -0.05) is 12.1 Å². The maximum atomic E-state index is 11.8. The molecular weight excluding hydrogens is 216 g/mol. The summed E-state index contributed by atoms with van der Waals surface area (Å²) in [6.45, 7) is 5.57. The Balaban J connectivity index is 1.92. The first kappa shape index (κ1) is 12.1. The molecule has 17 heavy (non-hydrogen) atoms. The van der Waals surface area contributed by atoms with Crippen LogP contribution in [0.1, 0.15) is 11.1 Å². The fourth-order valence-electron chi connectivity index (χ4n) is 1.95. The Bertz CT molecular complexity index is 425. The number of benzene rings is 1. The van der Waals surface area contributed by atoms with Crippen molar-refractivity contribution in [2.75, 3.05) is 25.0 Å². The van der Waals surface area contributed by atoms with Gasteiger partial charge in [0, 0.05) is 18.8 Å². The molecule has 1 aromatic rings. The summed E-state index contributed by atoms with van der Waals surface area (Å²) in [7, 11) is 0. The zero-order valence-corrected chi connectivity index (χ0v) is 10.2. The minimum absolute atomic E-state index is 0.0226. The van der Waals surface area contributed by atoms with Crippen LogP contribution < -0.4 is 5.32 Å². The van der Waals surface area contributed by atoms with E-state index in [1.54, 1.807) is 0 Å². The van der Waals surface area contributed by atoms with Crippen LogP contribution in [0.4, 0.5) is 5.69 Å². The highest BCUT2D eigenvalue weighted by molar-refractivity contribution is 5.93. The maximum absolute atomic E-state index is 11.8. The van der Waals surface area contributed by atoms with Crippen molar-refractivity contribution in [2.24, 2.45) is 0 Å². The van der Waals surface area contributed by atoms with Gasteiger partial charge in [-0.2, -0.15) is 0 Å². The lowest BCUT2D eigenvalue weighted by atomic mass is 10.1. The van der Waals surface area contributed by atoms with Crippen LogP contribution in [0.25, 0.3) is 0 Å². The third-order valence-corrected chi connectivity index (χ3v) is 3.18. The number of anilines is 1. The third-order valence-electron chi connectivity index (χ3n) is 3.18. The molecule has 4 nitrogen and oxygen atoms in total. The van der Waals surface area contributed by atoms with Gasteiger partial charge in [0.15, 0.2) is 0 Å². The van der Waals surface area contributed by atoms with E-state index in [4.69, 9.17) is 5.11 Å². The molecule has 1 heterocycles. The summed E-state index contributed by atoms with van der Waals surface area (Å²) >= 11 is 0. The van der Waals surface area contributed by atoms with E-state index in [0.29, 0.717) is 19.6 Å².